The number of nitrogens with one attached hydrogen (secondary N) is 1. The Morgan fingerprint density at radius 1 is 1.05 bits per heavy atom. The number of hydrogen-bond donors (Lipinski definition) is 6. The molecule has 6 N–H and O–H groups in total. The fourth-order valence-corrected chi connectivity index (χ4v) is 5.75. The smallest absolute Gasteiger partial charge is 0.400 e. The molecular formula is C20H24N6O16S2. The highest BCUT2D eigenvalue weighted by Gasteiger charge is 2.49. The number of rotatable bonds is 10. The van der Waals surface area contributed by atoms with Crippen molar-refractivity contribution in [3.05, 3.63) is 38.9 Å². The largest absolute Gasteiger partial charge is 0.492 e. The fraction of sp³-hybridized carbons (Fsp3) is 0.550. The number of aromatic hydroxyl groups is 2. The van der Waals surface area contributed by atoms with E-state index in [1.807, 2.05) is 0 Å². The number of imidazole rings is 1. The van der Waals surface area contributed by atoms with Crippen molar-refractivity contribution in [1.29, 1.82) is 0 Å². The molecule has 0 unspecified atom stereocenters. The van der Waals surface area contributed by atoms with E-state index in [0.29, 0.717) is 0 Å². The van der Waals surface area contributed by atoms with Gasteiger partial charge >= 0.3 is 32.5 Å². The van der Waals surface area contributed by atoms with Gasteiger partial charge in [0.1, 0.15) is 30.6 Å². The molecule has 5 rings (SSSR count). The van der Waals surface area contributed by atoms with E-state index in [4.69, 9.17) is 22.4 Å². The summed E-state index contributed by atoms with van der Waals surface area (Å²) >= 11 is 0. The molecule has 0 bridgehead atoms. The van der Waals surface area contributed by atoms with Gasteiger partial charge in [-0.3, -0.25) is 23.5 Å². The molecule has 0 aromatic carbocycles. The van der Waals surface area contributed by atoms with E-state index in [1.165, 1.54) is 13.1 Å². The Hall–Kier alpha value is -3.59. The molecule has 242 valence electrons. The summed E-state index contributed by atoms with van der Waals surface area (Å²) in [6.45, 7) is -0.483. The Labute approximate surface area is 245 Å². The van der Waals surface area contributed by atoms with Gasteiger partial charge in [-0.2, -0.15) is 26.8 Å². The molecule has 2 aliphatic heterocycles. The van der Waals surface area contributed by atoms with Gasteiger partial charge in [0.25, 0.3) is 5.56 Å². The normalized spacial score (nSPS) is 27.8. The van der Waals surface area contributed by atoms with Crippen LogP contribution in [-0.4, -0.2) is 115 Å². The molecule has 0 spiro atoms. The molecule has 7 atom stereocenters. The third kappa shape index (κ3) is 6.58. The van der Waals surface area contributed by atoms with E-state index in [-0.39, 0.29) is 23.1 Å². The first-order valence-corrected chi connectivity index (χ1v) is 15.0. The van der Waals surface area contributed by atoms with Gasteiger partial charge < -0.3 is 29.9 Å². The predicted octanol–water partition coefficient (Wildman–Crippen LogP) is -3.53. The third-order valence-electron chi connectivity index (χ3n) is 6.62. The van der Waals surface area contributed by atoms with Gasteiger partial charge in [-0.25, -0.2) is 22.3 Å². The molecule has 3 aromatic heterocycles. The number of nitrogens with zero attached hydrogens (tertiary/aromatic N) is 5. The van der Waals surface area contributed by atoms with Crippen molar-refractivity contribution >= 4 is 32.0 Å². The van der Waals surface area contributed by atoms with E-state index < -0.39 is 100 Å². The van der Waals surface area contributed by atoms with Crippen LogP contribution in [0.1, 0.15) is 24.4 Å². The zero-order chi connectivity index (χ0) is 32.1. The molecule has 0 amide bonds. The lowest BCUT2D eigenvalue weighted by atomic mass is 10.1. The molecule has 2 saturated heterocycles. The van der Waals surface area contributed by atoms with E-state index in [9.17, 15) is 46.9 Å². The second-order valence-corrected chi connectivity index (χ2v) is 11.9. The molecule has 2 aliphatic rings. The maximum Gasteiger partial charge on any atom is 0.400 e. The molecule has 3 aromatic rings. The summed E-state index contributed by atoms with van der Waals surface area (Å²) in [5.74, 6) is -0.743. The number of fused-ring (bicyclic) bond motifs is 1. The number of aliphatic hydroxyl groups is 2. The Morgan fingerprint density at radius 3 is 2.45 bits per heavy atom. The Morgan fingerprint density at radius 2 is 1.75 bits per heavy atom. The zero-order valence-electron chi connectivity index (χ0n) is 22.1. The van der Waals surface area contributed by atoms with Crippen LogP contribution in [0.25, 0.3) is 11.2 Å². The van der Waals surface area contributed by atoms with Crippen LogP contribution in [0.15, 0.2) is 22.1 Å². The van der Waals surface area contributed by atoms with Crippen LogP contribution in [0.5, 0.6) is 11.9 Å². The maximum absolute atomic E-state index is 12.8. The minimum absolute atomic E-state index is 0.172. The molecular weight excluding hydrogens is 644 g/mol. The van der Waals surface area contributed by atoms with Crippen molar-refractivity contribution in [2.75, 3.05) is 13.2 Å². The number of ether oxygens (including phenoxy) is 2. The van der Waals surface area contributed by atoms with E-state index >= 15 is 0 Å². The van der Waals surface area contributed by atoms with Crippen LogP contribution in [0, 0.1) is 6.92 Å². The standard InChI is InChI=1S/C20H24N6O16S2/c1-7-3-25(20(32)24-16(7)29)11-2-8(27)9(40-11)4-39-44(36,37)42-14-10(5-38-43(33,34)35)41-18(13(14)28)26-6-21-12-15(26)22-19(31)23-17(12)30/h3,6,8-11,13-14,18,27-28H,2,4-5H2,1H3,(H,24,29,32)(H,33,34,35)(H2,22,23,30,31)/t8-,9+,10+,11+,13+,14+,18+/m0/s1. The SMILES string of the molecule is Cc1cn([C@H]2C[C@H](O)[C@@H](COS(=O)(=O)O[C@H]3[C@@H](O)[C@H](n4cnc5c(O)nc(O)nc54)O[C@@H]3COS(=O)(=O)O)O2)c(=O)[nH]c1=O. The number of aromatic nitrogens is 6. The van der Waals surface area contributed by atoms with Gasteiger partial charge in [-0.15, -0.1) is 0 Å². The van der Waals surface area contributed by atoms with Crippen LogP contribution in [0.3, 0.4) is 0 Å². The van der Waals surface area contributed by atoms with Crippen molar-refractivity contribution < 1.29 is 63.8 Å². The minimum atomic E-state index is -5.09. The van der Waals surface area contributed by atoms with E-state index in [0.717, 1.165) is 15.5 Å². The lowest BCUT2D eigenvalue weighted by Gasteiger charge is -2.21. The van der Waals surface area contributed by atoms with Crippen molar-refractivity contribution in [3.8, 4) is 11.9 Å². The first-order valence-electron chi connectivity index (χ1n) is 12.3. The lowest BCUT2D eigenvalue weighted by molar-refractivity contribution is -0.0493. The number of aromatic amines is 1. The van der Waals surface area contributed by atoms with Gasteiger partial charge in [0.2, 0.25) is 5.88 Å². The first-order chi connectivity index (χ1) is 20.5. The Balaban J connectivity index is 1.32. The fourth-order valence-electron chi connectivity index (χ4n) is 4.58. The summed E-state index contributed by atoms with van der Waals surface area (Å²) in [6, 6.07) is -0.890. The molecule has 0 radical (unpaired) electrons. The number of aryl methyl sites for hydroxylation is 1. The molecule has 0 saturated carbocycles. The monoisotopic (exact) mass is 668 g/mol. The minimum Gasteiger partial charge on any atom is -0.492 e. The molecule has 22 nitrogen and oxygen atoms in total. The van der Waals surface area contributed by atoms with Crippen LogP contribution >= 0.6 is 0 Å². The Bertz CT molecular complexity index is 1890. The quantitative estimate of drug-likeness (QED) is 0.114. The Kier molecular flexibility index (Phi) is 8.48. The van der Waals surface area contributed by atoms with Gasteiger partial charge in [0.15, 0.2) is 17.4 Å². The molecule has 5 heterocycles. The second kappa shape index (κ2) is 11.7. The summed E-state index contributed by atoms with van der Waals surface area (Å²) in [5.41, 5.74) is -1.82. The lowest BCUT2D eigenvalue weighted by Crippen LogP contribution is -2.40. The summed E-state index contributed by atoms with van der Waals surface area (Å²) in [4.78, 5) is 36.7. The highest BCUT2D eigenvalue weighted by molar-refractivity contribution is 7.82. The van der Waals surface area contributed by atoms with Crippen molar-refractivity contribution in [2.45, 2.75) is 56.3 Å². The van der Waals surface area contributed by atoms with Gasteiger partial charge in [-0.05, 0) is 6.92 Å². The third-order valence-corrected chi connectivity index (χ3v) is 7.94. The van der Waals surface area contributed by atoms with Gasteiger partial charge in [-0.1, -0.05) is 0 Å². The van der Waals surface area contributed by atoms with Crippen LogP contribution in [0.2, 0.25) is 0 Å². The van der Waals surface area contributed by atoms with Crippen molar-refractivity contribution in [2.24, 2.45) is 0 Å². The topological polar surface area (TPSA) is 314 Å². The van der Waals surface area contributed by atoms with E-state index in [1.54, 1.807) is 0 Å². The maximum atomic E-state index is 12.8. The molecule has 0 aliphatic carbocycles. The number of H-pyrrole nitrogens is 1. The highest BCUT2D eigenvalue weighted by Crippen LogP contribution is 2.36. The number of aliphatic hydroxyl groups excluding tert-OH is 2. The average Bonchev–Trinajstić information content (AvgIpc) is 3.59. The van der Waals surface area contributed by atoms with Gasteiger partial charge in [0, 0.05) is 18.2 Å². The molecule has 44 heavy (non-hydrogen) atoms. The summed E-state index contributed by atoms with van der Waals surface area (Å²) < 4.78 is 83.9. The predicted molar refractivity (Wildman–Crippen MR) is 136 cm³/mol. The van der Waals surface area contributed by atoms with Crippen LogP contribution < -0.4 is 11.2 Å². The zero-order valence-corrected chi connectivity index (χ0v) is 23.7. The van der Waals surface area contributed by atoms with E-state index in [2.05, 4.69) is 24.1 Å². The average molecular weight is 669 g/mol. The summed E-state index contributed by atoms with van der Waals surface area (Å²) in [5, 5.41) is 40.9. The van der Waals surface area contributed by atoms with Crippen molar-refractivity contribution in [3.63, 3.8) is 0 Å². The summed E-state index contributed by atoms with van der Waals surface area (Å²) in [6.07, 6.45) is -9.02. The van der Waals surface area contributed by atoms with Crippen LogP contribution in [-0.2, 0) is 42.8 Å². The van der Waals surface area contributed by atoms with Crippen molar-refractivity contribution in [1.82, 2.24) is 29.1 Å². The first kappa shape index (κ1) is 31.8. The highest BCUT2D eigenvalue weighted by atomic mass is 32.3. The second-order valence-electron chi connectivity index (χ2n) is 9.60. The molecule has 2 fully saturated rings. The van der Waals surface area contributed by atoms with Crippen LogP contribution in [0.4, 0.5) is 0 Å². The number of hydrogen-bond acceptors (Lipinski definition) is 18. The summed E-state index contributed by atoms with van der Waals surface area (Å²) in [7, 11) is -10.2. The molecule has 24 heteroatoms. The van der Waals surface area contributed by atoms with Gasteiger partial charge in [0.05, 0.1) is 25.6 Å².